The van der Waals surface area contributed by atoms with Crippen molar-refractivity contribution >= 4 is 11.6 Å². The highest BCUT2D eigenvalue weighted by Crippen LogP contribution is 2.35. The lowest BCUT2D eigenvalue weighted by Gasteiger charge is -2.25. The van der Waals surface area contributed by atoms with E-state index in [4.69, 9.17) is 11.5 Å². The standard InChI is InChI=1S/C15H22FN7/c1-22-5-4-9-7-23(8-13(9)22)12-3-2-10(6-11(12)16)15(18)19-14(17)20-21-15/h2-3,6,9,13,21H,4-5,7-8,18H2,1H3,(H3,17,19,20). The molecule has 3 atom stereocenters. The van der Waals surface area contributed by atoms with Gasteiger partial charge in [-0.2, -0.15) is 5.43 Å². The van der Waals surface area contributed by atoms with Crippen LogP contribution >= 0.6 is 0 Å². The van der Waals surface area contributed by atoms with Crippen molar-refractivity contribution in [3.05, 3.63) is 29.6 Å². The van der Waals surface area contributed by atoms with E-state index < -0.39 is 5.79 Å². The molecule has 3 aliphatic heterocycles. The number of anilines is 1. The molecule has 1 aromatic carbocycles. The van der Waals surface area contributed by atoms with E-state index >= 15 is 0 Å². The molecule has 0 aromatic heterocycles. The minimum absolute atomic E-state index is 0.187. The van der Waals surface area contributed by atoms with E-state index in [0.29, 0.717) is 23.2 Å². The van der Waals surface area contributed by atoms with Crippen molar-refractivity contribution in [2.45, 2.75) is 18.2 Å². The first-order chi connectivity index (χ1) is 11.0. The Kier molecular flexibility index (Phi) is 3.22. The number of hydrogen-bond acceptors (Lipinski definition) is 7. The first kappa shape index (κ1) is 14.7. The van der Waals surface area contributed by atoms with Crippen LogP contribution in [0.4, 0.5) is 10.1 Å². The molecule has 3 aliphatic rings. The lowest BCUT2D eigenvalue weighted by molar-refractivity contribution is 0.310. The predicted molar refractivity (Wildman–Crippen MR) is 86.9 cm³/mol. The van der Waals surface area contributed by atoms with Crippen molar-refractivity contribution in [2.75, 3.05) is 31.6 Å². The van der Waals surface area contributed by atoms with Crippen LogP contribution in [-0.4, -0.2) is 43.6 Å². The third-order valence-corrected chi connectivity index (χ3v) is 5.23. The number of nitrogens with one attached hydrogen (secondary N) is 2. The average molecular weight is 319 g/mol. The molecule has 124 valence electrons. The molecule has 3 heterocycles. The van der Waals surface area contributed by atoms with Gasteiger partial charge in [-0.1, -0.05) is 6.07 Å². The maximum absolute atomic E-state index is 14.7. The molecule has 6 N–H and O–H groups in total. The van der Waals surface area contributed by atoms with Crippen molar-refractivity contribution in [1.82, 2.24) is 15.8 Å². The van der Waals surface area contributed by atoms with Crippen LogP contribution in [0.25, 0.3) is 0 Å². The monoisotopic (exact) mass is 319 g/mol. The molecule has 0 aliphatic carbocycles. The van der Waals surface area contributed by atoms with Crippen molar-refractivity contribution in [1.29, 1.82) is 0 Å². The number of rotatable bonds is 2. The van der Waals surface area contributed by atoms with Crippen LogP contribution < -0.4 is 27.2 Å². The molecular formula is C15H22FN7. The molecule has 1 aromatic rings. The van der Waals surface area contributed by atoms with E-state index in [1.54, 1.807) is 12.1 Å². The first-order valence-corrected chi connectivity index (χ1v) is 7.89. The normalized spacial score (nSPS) is 33.7. The number of hydrogen-bond donors (Lipinski definition) is 4. The molecule has 0 amide bonds. The highest BCUT2D eigenvalue weighted by molar-refractivity contribution is 5.79. The number of aliphatic imine (C=N–C) groups is 1. The Balaban J connectivity index is 1.58. The minimum atomic E-state index is -1.23. The smallest absolute Gasteiger partial charge is 0.209 e. The van der Waals surface area contributed by atoms with E-state index in [1.807, 2.05) is 0 Å². The molecule has 8 heteroatoms. The third kappa shape index (κ3) is 2.34. The SMILES string of the molecule is CN1CCC2CN(c3ccc(C4(N)N=C(N)NN4)cc3F)CC21. The van der Waals surface area contributed by atoms with Gasteiger partial charge < -0.3 is 15.5 Å². The zero-order valence-corrected chi connectivity index (χ0v) is 13.1. The highest BCUT2D eigenvalue weighted by Gasteiger charge is 2.40. The summed E-state index contributed by atoms with van der Waals surface area (Å²) in [6.45, 7) is 2.92. The van der Waals surface area contributed by atoms with Crippen LogP contribution in [0.5, 0.6) is 0 Å². The lowest BCUT2D eigenvalue weighted by Crippen LogP contribution is -2.50. The summed E-state index contributed by atoms with van der Waals surface area (Å²) in [5.41, 5.74) is 18.2. The van der Waals surface area contributed by atoms with Gasteiger partial charge in [-0.3, -0.25) is 11.2 Å². The molecule has 3 unspecified atom stereocenters. The maximum atomic E-state index is 14.7. The topological polar surface area (TPSA) is 94.9 Å². The van der Waals surface area contributed by atoms with Gasteiger partial charge >= 0.3 is 0 Å². The number of likely N-dealkylation sites (tertiary alicyclic amines) is 1. The number of fused-ring (bicyclic) bond motifs is 1. The van der Waals surface area contributed by atoms with Gasteiger partial charge in [-0.05, 0) is 38.1 Å². The van der Waals surface area contributed by atoms with Crippen LogP contribution in [-0.2, 0) is 5.79 Å². The molecule has 2 fully saturated rings. The van der Waals surface area contributed by atoms with Gasteiger partial charge in [-0.15, -0.1) is 0 Å². The fourth-order valence-electron chi connectivity index (χ4n) is 3.91. The molecule has 7 nitrogen and oxygen atoms in total. The Labute approximate surface area is 134 Å². The number of nitrogens with two attached hydrogens (primary N) is 2. The first-order valence-electron chi connectivity index (χ1n) is 7.89. The van der Waals surface area contributed by atoms with Gasteiger partial charge in [0.25, 0.3) is 0 Å². The Morgan fingerprint density at radius 2 is 2.22 bits per heavy atom. The molecule has 0 radical (unpaired) electrons. The van der Waals surface area contributed by atoms with Gasteiger partial charge in [0.05, 0.1) is 5.69 Å². The summed E-state index contributed by atoms with van der Waals surface area (Å²) < 4.78 is 14.7. The van der Waals surface area contributed by atoms with Gasteiger partial charge in [0.1, 0.15) is 5.82 Å². The summed E-state index contributed by atoms with van der Waals surface area (Å²) >= 11 is 0. The van der Waals surface area contributed by atoms with Crippen LogP contribution in [0.15, 0.2) is 23.2 Å². The van der Waals surface area contributed by atoms with Crippen LogP contribution in [0.3, 0.4) is 0 Å². The van der Waals surface area contributed by atoms with Crippen LogP contribution in [0.1, 0.15) is 12.0 Å². The summed E-state index contributed by atoms with van der Waals surface area (Å²) in [7, 11) is 2.15. The van der Waals surface area contributed by atoms with Crippen LogP contribution in [0, 0.1) is 11.7 Å². The molecular weight excluding hydrogens is 297 g/mol. The van der Waals surface area contributed by atoms with Gasteiger partial charge in [0, 0.05) is 24.7 Å². The quantitative estimate of drug-likeness (QED) is 0.585. The van der Waals surface area contributed by atoms with Crippen molar-refractivity contribution in [3.8, 4) is 0 Å². The van der Waals surface area contributed by atoms with E-state index in [1.165, 1.54) is 12.5 Å². The van der Waals surface area contributed by atoms with Gasteiger partial charge in [-0.25, -0.2) is 9.38 Å². The minimum Gasteiger partial charge on any atom is -0.369 e. The maximum Gasteiger partial charge on any atom is 0.209 e. The van der Waals surface area contributed by atoms with Gasteiger partial charge in [0.2, 0.25) is 11.7 Å². The lowest BCUT2D eigenvalue weighted by atomic mass is 10.1. The molecule has 23 heavy (non-hydrogen) atoms. The fourth-order valence-corrected chi connectivity index (χ4v) is 3.91. The number of nitrogens with zero attached hydrogens (tertiary/aromatic N) is 3. The summed E-state index contributed by atoms with van der Waals surface area (Å²) in [4.78, 5) is 8.58. The molecule has 4 rings (SSSR count). The van der Waals surface area contributed by atoms with Crippen molar-refractivity contribution in [3.63, 3.8) is 0 Å². The second kappa shape index (κ2) is 5.05. The summed E-state index contributed by atoms with van der Waals surface area (Å²) in [6, 6.07) is 5.54. The zero-order valence-electron chi connectivity index (χ0n) is 13.1. The number of likely N-dealkylation sites (N-methyl/N-ethyl adjacent to an activating group) is 1. The zero-order chi connectivity index (χ0) is 16.2. The van der Waals surface area contributed by atoms with Crippen LogP contribution in [0.2, 0.25) is 0 Å². The third-order valence-electron chi connectivity index (χ3n) is 5.23. The largest absolute Gasteiger partial charge is 0.369 e. The fraction of sp³-hybridized carbons (Fsp3) is 0.533. The highest BCUT2D eigenvalue weighted by atomic mass is 19.1. The van der Waals surface area contributed by atoms with E-state index in [9.17, 15) is 4.39 Å². The molecule has 0 saturated carbocycles. The average Bonchev–Trinajstić information content (AvgIpc) is 3.17. The Bertz CT molecular complexity index is 663. The van der Waals surface area contributed by atoms with E-state index in [2.05, 4.69) is 32.7 Å². The van der Waals surface area contributed by atoms with Crippen molar-refractivity contribution in [2.24, 2.45) is 22.4 Å². The second-order valence-corrected chi connectivity index (χ2v) is 6.68. The molecule has 2 saturated heterocycles. The number of hydrazine groups is 1. The summed E-state index contributed by atoms with van der Waals surface area (Å²) in [5.74, 6) is -0.694. The predicted octanol–water partition coefficient (Wildman–Crippen LogP) is -0.542. The second-order valence-electron chi connectivity index (χ2n) is 6.68. The Morgan fingerprint density at radius 1 is 1.39 bits per heavy atom. The molecule has 0 bridgehead atoms. The van der Waals surface area contributed by atoms with E-state index in [-0.39, 0.29) is 11.8 Å². The van der Waals surface area contributed by atoms with Gasteiger partial charge in [0.15, 0.2) is 0 Å². The van der Waals surface area contributed by atoms with E-state index in [0.717, 1.165) is 19.6 Å². The number of halogens is 1. The Morgan fingerprint density at radius 3 is 2.87 bits per heavy atom. The van der Waals surface area contributed by atoms with Crippen molar-refractivity contribution < 1.29 is 4.39 Å². The summed E-state index contributed by atoms with van der Waals surface area (Å²) in [5, 5.41) is 0. The number of guanidine groups is 1. The summed E-state index contributed by atoms with van der Waals surface area (Å²) in [6.07, 6.45) is 1.19. The molecule has 0 spiro atoms. The Hall–Kier alpha value is -1.90. The number of benzene rings is 1.